The summed E-state index contributed by atoms with van der Waals surface area (Å²) in [7, 11) is 0. The minimum atomic E-state index is -0.182. The first-order valence-corrected chi connectivity index (χ1v) is 8.82. The van der Waals surface area contributed by atoms with E-state index < -0.39 is 0 Å². The molecule has 0 spiro atoms. The van der Waals surface area contributed by atoms with Crippen LogP contribution in [0.4, 0.5) is 4.79 Å². The second kappa shape index (κ2) is 8.82. The molecule has 2 rings (SSSR count). The maximum atomic E-state index is 12.6. The zero-order valence-electron chi connectivity index (χ0n) is 14.0. The van der Waals surface area contributed by atoms with Crippen LogP contribution >= 0.6 is 0 Å². The van der Waals surface area contributed by atoms with Gasteiger partial charge in [-0.2, -0.15) is 0 Å². The first-order chi connectivity index (χ1) is 10.8. The molecule has 0 saturated heterocycles. The molecule has 1 fully saturated rings. The summed E-state index contributed by atoms with van der Waals surface area (Å²) in [4.78, 5) is 14.5. The van der Waals surface area contributed by atoms with Crippen LogP contribution < -0.4 is 4.74 Å². The van der Waals surface area contributed by atoms with Crippen molar-refractivity contribution in [2.75, 3.05) is 6.54 Å². The van der Waals surface area contributed by atoms with E-state index in [2.05, 4.69) is 13.0 Å². The van der Waals surface area contributed by atoms with E-state index in [1.54, 1.807) is 0 Å². The van der Waals surface area contributed by atoms with Crippen LogP contribution in [0.1, 0.15) is 64.4 Å². The minimum absolute atomic E-state index is 0.182. The van der Waals surface area contributed by atoms with Gasteiger partial charge in [0.05, 0.1) is 0 Å². The van der Waals surface area contributed by atoms with E-state index in [1.165, 1.54) is 19.3 Å². The first kappa shape index (κ1) is 16.9. The summed E-state index contributed by atoms with van der Waals surface area (Å²) in [5, 5.41) is 0. The number of aryl methyl sites for hydroxylation is 1. The molecule has 0 aromatic heterocycles. The number of hydrogen-bond donors (Lipinski definition) is 0. The average Bonchev–Trinajstić information content (AvgIpc) is 2.56. The van der Waals surface area contributed by atoms with Gasteiger partial charge in [-0.05, 0) is 44.2 Å². The van der Waals surface area contributed by atoms with Crippen LogP contribution in [0.25, 0.3) is 0 Å². The van der Waals surface area contributed by atoms with Gasteiger partial charge in [0.25, 0.3) is 0 Å². The van der Waals surface area contributed by atoms with E-state index in [4.69, 9.17) is 4.74 Å². The Morgan fingerprint density at radius 2 is 1.91 bits per heavy atom. The molecule has 0 atom stereocenters. The van der Waals surface area contributed by atoms with Gasteiger partial charge < -0.3 is 9.64 Å². The third-order valence-electron chi connectivity index (χ3n) is 4.56. The molecular formula is C19H29NO2. The number of benzene rings is 1. The molecule has 1 aliphatic rings. The molecule has 0 bridgehead atoms. The molecule has 0 radical (unpaired) electrons. The topological polar surface area (TPSA) is 29.5 Å². The number of amides is 1. The quantitative estimate of drug-likeness (QED) is 0.724. The van der Waals surface area contributed by atoms with Gasteiger partial charge in [0.2, 0.25) is 0 Å². The van der Waals surface area contributed by atoms with Crippen molar-refractivity contribution >= 4 is 6.09 Å². The molecule has 122 valence electrons. The van der Waals surface area contributed by atoms with Crippen LogP contribution in [0.3, 0.4) is 0 Å². The molecule has 3 nitrogen and oxygen atoms in total. The maximum Gasteiger partial charge on any atom is 0.415 e. The summed E-state index contributed by atoms with van der Waals surface area (Å²) < 4.78 is 5.74. The van der Waals surface area contributed by atoms with Gasteiger partial charge in [0, 0.05) is 12.6 Å². The predicted molar refractivity (Wildman–Crippen MR) is 90.3 cm³/mol. The fraction of sp³-hybridized carbons (Fsp3) is 0.632. The van der Waals surface area contributed by atoms with Gasteiger partial charge in [0.1, 0.15) is 5.75 Å². The standard InChI is InChI=1S/C19H29NO2/c1-3-5-11-16-12-9-10-15-18(16)22-19(21)20(4-2)17-13-7-6-8-14-17/h9-10,12,15,17H,3-8,11,13-14H2,1-2H3. The van der Waals surface area contributed by atoms with E-state index in [-0.39, 0.29) is 6.09 Å². The normalized spacial score (nSPS) is 15.5. The lowest BCUT2D eigenvalue weighted by atomic mass is 9.94. The van der Waals surface area contributed by atoms with Crippen LogP contribution in [0, 0.1) is 0 Å². The summed E-state index contributed by atoms with van der Waals surface area (Å²) >= 11 is 0. The molecule has 0 N–H and O–H groups in total. The highest BCUT2D eigenvalue weighted by atomic mass is 16.6. The number of carbonyl (C=O) groups is 1. The Labute approximate surface area is 134 Å². The average molecular weight is 303 g/mol. The number of hydrogen-bond acceptors (Lipinski definition) is 2. The van der Waals surface area contributed by atoms with Gasteiger partial charge in [-0.25, -0.2) is 4.79 Å². The number of rotatable bonds is 6. The molecule has 3 heteroatoms. The summed E-state index contributed by atoms with van der Waals surface area (Å²) in [6.45, 7) is 4.94. The number of unbranched alkanes of at least 4 members (excludes halogenated alkanes) is 1. The van der Waals surface area contributed by atoms with Crippen molar-refractivity contribution in [3.63, 3.8) is 0 Å². The lowest BCUT2D eigenvalue weighted by molar-refractivity contribution is 0.120. The number of ether oxygens (including phenoxy) is 1. The van der Waals surface area contributed by atoms with Crippen molar-refractivity contribution in [2.24, 2.45) is 0 Å². The van der Waals surface area contributed by atoms with Crippen molar-refractivity contribution < 1.29 is 9.53 Å². The molecule has 1 saturated carbocycles. The Morgan fingerprint density at radius 1 is 1.18 bits per heavy atom. The van der Waals surface area contributed by atoms with E-state index in [0.717, 1.165) is 50.0 Å². The lowest BCUT2D eigenvalue weighted by Crippen LogP contribution is -2.42. The van der Waals surface area contributed by atoms with Gasteiger partial charge in [-0.1, -0.05) is 50.8 Å². The minimum Gasteiger partial charge on any atom is -0.410 e. The van der Waals surface area contributed by atoms with Crippen LogP contribution in [0.5, 0.6) is 5.75 Å². The smallest absolute Gasteiger partial charge is 0.410 e. The highest BCUT2D eigenvalue weighted by Gasteiger charge is 2.25. The molecule has 22 heavy (non-hydrogen) atoms. The number of carbonyl (C=O) groups excluding carboxylic acids is 1. The monoisotopic (exact) mass is 303 g/mol. The summed E-state index contributed by atoms with van der Waals surface area (Å²) in [5.41, 5.74) is 1.14. The number of para-hydroxylation sites is 1. The summed E-state index contributed by atoms with van der Waals surface area (Å²) in [5.74, 6) is 0.732. The third kappa shape index (κ3) is 4.49. The Balaban J connectivity index is 2.03. The van der Waals surface area contributed by atoms with Crippen LogP contribution in [0.2, 0.25) is 0 Å². The lowest BCUT2D eigenvalue weighted by Gasteiger charge is -2.32. The molecule has 0 aliphatic heterocycles. The Hall–Kier alpha value is -1.51. The zero-order valence-corrected chi connectivity index (χ0v) is 14.0. The molecule has 1 aromatic rings. The van der Waals surface area contributed by atoms with Crippen molar-refractivity contribution in [2.45, 2.75) is 71.3 Å². The zero-order chi connectivity index (χ0) is 15.8. The van der Waals surface area contributed by atoms with E-state index >= 15 is 0 Å². The van der Waals surface area contributed by atoms with Crippen molar-refractivity contribution in [1.29, 1.82) is 0 Å². The molecule has 1 aliphatic carbocycles. The molecular weight excluding hydrogens is 274 g/mol. The molecule has 0 heterocycles. The van der Waals surface area contributed by atoms with Crippen molar-refractivity contribution in [3.8, 4) is 5.75 Å². The van der Waals surface area contributed by atoms with Crippen molar-refractivity contribution in [1.82, 2.24) is 4.90 Å². The second-order valence-electron chi connectivity index (χ2n) is 6.16. The van der Waals surface area contributed by atoms with E-state index in [9.17, 15) is 4.79 Å². The number of nitrogens with zero attached hydrogens (tertiary/aromatic N) is 1. The highest BCUT2D eigenvalue weighted by Crippen LogP contribution is 2.25. The van der Waals surface area contributed by atoms with Crippen LogP contribution in [0.15, 0.2) is 24.3 Å². The third-order valence-corrected chi connectivity index (χ3v) is 4.56. The van der Waals surface area contributed by atoms with Gasteiger partial charge >= 0.3 is 6.09 Å². The first-order valence-electron chi connectivity index (χ1n) is 8.82. The van der Waals surface area contributed by atoms with Crippen LogP contribution in [-0.4, -0.2) is 23.6 Å². The van der Waals surface area contributed by atoms with E-state index in [1.807, 2.05) is 30.0 Å². The summed E-state index contributed by atoms with van der Waals surface area (Å²) in [6.07, 6.45) is 9.01. The SMILES string of the molecule is CCCCc1ccccc1OC(=O)N(CC)C1CCCCC1. The Kier molecular flexibility index (Phi) is 6.75. The Bertz CT molecular complexity index is 466. The van der Waals surface area contributed by atoms with Gasteiger partial charge in [-0.3, -0.25) is 0 Å². The second-order valence-corrected chi connectivity index (χ2v) is 6.16. The van der Waals surface area contributed by atoms with Crippen LogP contribution in [-0.2, 0) is 6.42 Å². The molecule has 0 unspecified atom stereocenters. The largest absolute Gasteiger partial charge is 0.415 e. The molecule has 1 amide bonds. The van der Waals surface area contributed by atoms with E-state index in [0.29, 0.717) is 6.04 Å². The highest BCUT2D eigenvalue weighted by molar-refractivity contribution is 5.71. The maximum absolute atomic E-state index is 12.6. The van der Waals surface area contributed by atoms with Gasteiger partial charge in [0.15, 0.2) is 0 Å². The molecule has 1 aromatic carbocycles. The fourth-order valence-electron chi connectivity index (χ4n) is 3.26. The predicted octanol–water partition coefficient (Wildman–Crippen LogP) is 5.18. The Morgan fingerprint density at radius 3 is 2.59 bits per heavy atom. The van der Waals surface area contributed by atoms with Crippen molar-refractivity contribution in [3.05, 3.63) is 29.8 Å². The summed E-state index contributed by atoms with van der Waals surface area (Å²) in [6, 6.07) is 8.29. The van der Waals surface area contributed by atoms with Gasteiger partial charge in [-0.15, -0.1) is 0 Å². The fourth-order valence-corrected chi connectivity index (χ4v) is 3.26.